The summed E-state index contributed by atoms with van der Waals surface area (Å²) in [6, 6.07) is 11.1. The van der Waals surface area contributed by atoms with Gasteiger partial charge in [0, 0.05) is 0 Å². The molecule has 0 amide bonds. The third-order valence-corrected chi connectivity index (χ3v) is 8.96. The van der Waals surface area contributed by atoms with Crippen molar-refractivity contribution in [2.24, 2.45) is 5.92 Å². The van der Waals surface area contributed by atoms with Gasteiger partial charge in [0.2, 0.25) is 0 Å². The Morgan fingerprint density at radius 3 is 2.36 bits per heavy atom. The zero-order valence-electron chi connectivity index (χ0n) is 17.4. The van der Waals surface area contributed by atoms with Crippen LogP contribution in [0, 0.1) is 26.7 Å². The number of aliphatic carboxylic acids is 1. The second-order valence-corrected chi connectivity index (χ2v) is 10.6. The molecule has 0 aliphatic heterocycles. The summed E-state index contributed by atoms with van der Waals surface area (Å²) < 4.78 is 0. The van der Waals surface area contributed by atoms with E-state index >= 15 is 0 Å². The fraction of sp³-hybridized carbons (Fsp3) is 0.435. The molecule has 3 nitrogen and oxygen atoms in total. The molecule has 0 spiro atoms. The van der Waals surface area contributed by atoms with Crippen molar-refractivity contribution < 1.29 is 9.90 Å². The van der Waals surface area contributed by atoms with E-state index in [1.54, 1.807) is 6.92 Å². The average molecular weight is 464 g/mol. The van der Waals surface area contributed by atoms with Gasteiger partial charge < -0.3 is 0 Å². The number of rotatable bonds is 9. The van der Waals surface area contributed by atoms with Crippen molar-refractivity contribution in [3.8, 4) is 0 Å². The number of halogens is 1. The predicted octanol–water partition coefficient (Wildman–Crippen LogP) is 5.90. The van der Waals surface area contributed by atoms with E-state index in [-0.39, 0.29) is 27.7 Å². The van der Waals surface area contributed by atoms with Crippen LogP contribution in [-0.2, 0) is 10.0 Å². The Morgan fingerprint density at radius 1 is 1.14 bits per heavy atom. The standard InChI is InChI=1S/C23H31AsClNO2/c1-6-21(18-9-15(3)22(25)16(4)10-18)26-20-8-7-14(2)19(11-20)13-24-12-17(5)23(27)28/h7-11,17,21,24,26H,6,12-13H2,1-5H3,(H,27,28)/t17-,21-/m1/s1. The van der Waals surface area contributed by atoms with Crippen molar-refractivity contribution in [2.45, 2.75) is 57.5 Å². The molecule has 0 saturated heterocycles. The van der Waals surface area contributed by atoms with Crippen LogP contribution >= 0.6 is 11.6 Å². The molecule has 0 saturated carbocycles. The van der Waals surface area contributed by atoms with Crippen LogP contribution in [0.3, 0.4) is 0 Å². The SMILES string of the molecule is CC[C@@H](Nc1ccc(C)c(C[AsH]C[C@@H](C)C(=O)O)c1)c1cc(C)c(Cl)c(C)c1. The van der Waals surface area contributed by atoms with E-state index in [4.69, 9.17) is 16.7 Å². The summed E-state index contributed by atoms with van der Waals surface area (Å²) in [7, 11) is 0. The number of carboxylic acid groups (broad SMARTS) is 1. The first-order valence-electron chi connectivity index (χ1n) is 9.79. The number of hydrogen-bond acceptors (Lipinski definition) is 2. The molecule has 2 aromatic carbocycles. The molecule has 5 heteroatoms. The van der Waals surface area contributed by atoms with Gasteiger partial charge in [-0.1, -0.05) is 0 Å². The van der Waals surface area contributed by atoms with Crippen molar-refractivity contribution in [3.63, 3.8) is 0 Å². The summed E-state index contributed by atoms with van der Waals surface area (Å²) in [4.78, 5) is 11.0. The second kappa shape index (κ2) is 10.4. The number of carbonyl (C=O) groups is 1. The number of aryl methyl sites for hydroxylation is 3. The van der Waals surface area contributed by atoms with Gasteiger partial charge in [0.05, 0.1) is 0 Å². The van der Waals surface area contributed by atoms with Gasteiger partial charge in [0.15, 0.2) is 0 Å². The summed E-state index contributed by atoms with van der Waals surface area (Å²) in [6.07, 6.45) is 0.980. The quantitative estimate of drug-likeness (QED) is 0.455. The molecule has 2 aromatic rings. The Morgan fingerprint density at radius 2 is 1.79 bits per heavy atom. The first kappa shape index (κ1) is 22.8. The van der Waals surface area contributed by atoms with E-state index < -0.39 is 5.97 Å². The maximum absolute atomic E-state index is 11.0. The first-order chi connectivity index (χ1) is 13.2. The number of anilines is 1. The molecule has 0 fully saturated rings. The second-order valence-electron chi connectivity index (χ2n) is 7.59. The number of carboxylic acids is 1. The Balaban J connectivity index is 2.13. The number of nitrogens with one attached hydrogen (secondary N) is 1. The van der Waals surface area contributed by atoms with Gasteiger partial charge in [0.1, 0.15) is 0 Å². The van der Waals surface area contributed by atoms with Gasteiger partial charge >= 0.3 is 181 Å². The summed E-state index contributed by atoms with van der Waals surface area (Å²) >= 11 is 6.03. The fourth-order valence-corrected chi connectivity index (χ4v) is 6.32. The van der Waals surface area contributed by atoms with Gasteiger partial charge in [-0.05, 0) is 0 Å². The molecular formula is C23H31AsClNO2. The van der Waals surface area contributed by atoms with Crippen LogP contribution < -0.4 is 5.32 Å². The van der Waals surface area contributed by atoms with Crippen LogP contribution in [0.4, 0.5) is 5.69 Å². The molecule has 0 radical (unpaired) electrons. The maximum atomic E-state index is 11.0. The zero-order chi connectivity index (χ0) is 20.8. The van der Waals surface area contributed by atoms with Gasteiger partial charge in [-0.25, -0.2) is 0 Å². The van der Waals surface area contributed by atoms with Crippen LogP contribution in [0.15, 0.2) is 30.3 Å². The summed E-state index contributed by atoms with van der Waals surface area (Å²) in [5.74, 6) is -0.919. The molecular weight excluding hydrogens is 433 g/mol. The summed E-state index contributed by atoms with van der Waals surface area (Å²) in [5.41, 5.74) is 7.21. The van der Waals surface area contributed by atoms with E-state index in [9.17, 15) is 4.79 Å². The number of benzene rings is 2. The molecule has 2 rings (SSSR count). The van der Waals surface area contributed by atoms with Crippen molar-refractivity contribution in [3.05, 3.63) is 63.2 Å². The van der Waals surface area contributed by atoms with Crippen LogP contribution in [0.25, 0.3) is 0 Å². The van der Waals surface area contributed by atoms with Crippen molar-refractivity contribution in [1.82, 2.24) is 0 Å². The van der Waals surface area contributed by atoms with Crippen LogP contribution in [0.5, 0.6) is 0 Å². The average Bonchev–Trinajstić information content (AvgIpc) is 2.65. The topological polar surface area (TPSA) is 49.3 Å². The molecule has 3 atom stereocenters. The molecule has 1 unspecified atom stereocenters. The van der Waals surface area contributed by atoms with Crippen LogP contribution in [-0.4, -0.2) is 26.8 Å². The molecule has 0 heterocycles. The molecule has 0 aromatic heterocycles. The van der Waals surface area contributed by atoms with Gasteiger partial charge in [-0.2, -0.15) is 0 Å². The minimum atomic E-state index is -0.685. The van der Waals surface area contributed by atoms with E-state index in [1.165, 1.54) is 16.7 Å². The van der Waals surface area contributed by atoms with E-state index in [0.717, 1.165) is 38.7 Å². The predicted molar refractivity (Wildman–Crippen MR) is 121 cm³/mol. The normalized spacial score (nSPS) is 13.6. The van der Waals surface area contributed by atoms with Crippen molar-refractivity contribution in [2.75, 3.05) is 5.32 Å². The van der Waals surface area contributed by atoms with Gasteiger partial charge in [0.25, 0.3) is 0 Å². The molecule has 152 valence electrons. The monoisotopic (exact) mass is 463 g/mol. The molecule has 0 aliphatic rings. The Labute approximate surface area is 180 Å². The van der Waals surface area contributed by atoms with Crippen molar-refractivity contribution >= 4 is 39.0 Å². The molecule has 0 aliphatic carbocycles. The van der Waals surface area contributed by atoms with Crippen LogP contribution in [0.1, 0.15) is 54.1 Å². The fourth-order valence-electron chi connectivity index (χ4n) is 3.27. The summed E-state index contributed by atoms with van der Waals surface area (Å²) in [5, 5.41) is 15.4. The van der Waals surface area contributed by atoms with E-state index in [0.29, 0.717) is 0 Å². The molecule has 0 bridgehead atoms. The molecule has 28 heavy (non-hydrogen) atoms. The van der Waals surface area contributed by atoms with Crippen molar-refractivity contribution in [1.29, 1.82) is 0 Å². The summed E-state index contributed by atoms with van der Waals surface area (Å²) in [6.45, 7) is 10.2. The van der Waals surface area contributed by atoms with Crippen LogP contribution in [0.2, 0.25) is 10.2 Å². The van der Waals surface area contributed by atoms with E-state index in [1.807, 2.05) is 0 Å². The minimum absolute atomic E-state index is 0.230. The van der Waals surface area contributed by atoms with Gasteiger partial charge in [-0.3, -0.25) is 0 Å². The first-order valence-corrected chi connectivity index (χ1v) is 13.1. The third kappa shape index (κ3) is 6.03. The Bertz CT molecular complexity index is 814. The Kier molecular flexibility index (Phi) is 8.46. The number of hydrogen-bond donors (Lipinski definition) is 2. The third-order valence-electron chi connectivity index (χ3n) is 5.15. The van der Waals surface area contributed by atoms with E-state index in [2.05, 4.69) is 63.3 Å². The zero-order valence-corrected chi connectivity index (χ0v) is 20.3. The molecule has 2 N–H and O–H groups in total. The Hall–Kier alpha value is -1.44. The van der Waals surface area contributed by atoms with Gasteiger partial charge in [-0.15, -0.1) is 0 Å².